The number of halogens is 1. The summed E-state index contributed by atoms with van der Waals surface area (Å²) in [6, 6.07) is 1.85. The average Bonchev–Trinajstić information content (AvgIpc) is 2.90. The molecular formula is C9H11BrN2O. The summed E-state index contributed by atoms with van der Waals surface area (Å²) in [7, 11) is 0. The summed E-state index contributed by atoms with van der Waals surface area (Å²) < 4.78 is 6.42. The van der Waals surface area contributed by atoms with E-state index in [1.807, 2.05) is 6.07 Å². The van der Waals surface area contributed by atoms with Crippen LogP contribution in [0, 0.1) is 5.92 Å². The molecule has 1 aromatic rings. The van der Waals surface area contributed by atoms with E-state index in [1.54, 1.807) is 6.20 Å². The number of hydrogen-bond donors (Lipinski definition) is 1. The summed E-state index contributed by atoms with van der Waals surface area (Å²) >= 11 is 3.32. The summed E-state index contributed by atoms with van der Waals surface area (Å²) in [6.45, 7) is 0.766. The Morgan fingerprint density at radius 1 is 1.62 bits per heavy atom. The zero-order valence-electron chi connectivity index (χ0n) is 7.16. The van der Waals surface area contributed by atoms with Gasteiger partial charge in [0.1, 0.15) is 0 Å². The van der Waals surface area contributed by atoms with Gasteiger partial charge in [0, 0.05) is 10.7 Å². The van der Waals surface area contributed by atoms with Crippen molar-refractivity contribution < 1.29 is 4.74 Å². The van der Waals surface area contributed by atoms with Gasteiger partial charge in [0.25, 0.3) is 0 Å². The van der Waals surface area contributed by atoms with Crippen molar-refractivity contribution in [2.45, 2.75) is 12.8 Å². The Balaban J connectivity index is 2.03. The standard InChI is InChI=1S/C9H11BrN2O/c10-7-3-8(9(11)12-4-7)13-5-6-1-2-6/h3-4,6H,1-2,5H2,(H2,11,12). The summed E-state index contributed by atoms with van der Waals surface area (Å²) in [5.74, 6) is 1.88. The number of aromatic nitrogens is 1. The maximum absolute atomic E-state index is 5.64. The third kappa shape index (κ3) is 2.34. The Hall–Kier alpha value is -0.770. The second kappa shape index (κ2) is 3.54. The predicted molar refractivity (Wildman–Crippen MR) is 54.6 cm³/mol. The molecule has 2 N–H and O–H groups in total. The monoisotopic (exact) mass is 242 g/mol. The number of nitrogens with zero attached hydrogens (tertiary/aromatic N) is 1. The van der Waals surface area contributed by atoms with E-state index in [1.165, 1.54) is 12.8 Å². The minimum atomic E-state index is 0.462. The zero-order valence-corrected chi connectivity index (χ0v) is 8.75. The van der Waals surface area contributed by atoms with Gasteiger partial charge in [-0.15, -0.1) is 0 Å². The van der Waals surface area contributed by atoms with E-state index >= 15 is 0 Å². The fourth-order valence-electron chi connectivity index (χ4n) is 1.04. The highest BCUT2D eigenvalue weighted by Gasteiger charge is 2.22. The Morgan fingerprint density at radius 3 is 3.08 bits per heavy atom. The van der Waals surface area contributed by atoms with E-state index in [0.29, 0.717) is 11.6 Å². The first kappa shape index (κ1) is 8.81. The van der Waals surface area contributed by atoms with Crippen LogP contribution in [0.3, 0.4) is 0 Å². The Morgan fingerprint density at radius 2 is 2.38 bits per heavy atom. The van der Waals surface area contributed by atoms with Crippen molar-refractivity contribution in [3.8, 4) is 5.75 Å². The Bertz CT molecular complexity index is 312. The van der Waals surface area contributed by atoms with E-state index in [4.69, 9.17) is 10.5 Å². The smallest absolute Gasteiger partial charge is 0.166 e. The van der Waals surface area contributed by atoms with Gasteiger partial charge < -0.3 is 10.5 Å². The number of rotatable bonds is 3. The number of nitrogen functional groups attached to an aromatic ring is 1. The molecule has 0 spiro atoms. The molecule has 1 heterocycles. The van der Waals surface area contributed by atoms with E-state index in [9.17, 15) is 0 Å². The normalized spacial score (nSPS) is 15.8. The van der Waals surface area contributed by atoms with Crippen molar-refractivity contribution in [1.29, 1.82) is 0 Å². The molecule has 4 heteroatoms. The van der Waals surface area contributed by atoms with Gasteiger partial charge in [-0.2, -0.15) is 0 Å². The Kier molecular flexibility index (Phi) is 2.40. The quantitative estimate of drug-likeness (QED) is 0.885. The van der Waals surface area contributed by atoms with Crippen LogP contribution in [0.5, 0.6) is 5.75 Å². The van der Waals surface area contributed by atoms with Crippen LogP contribution in [0.2, 0.25) is 0 Å². The third-order valence-electron chi connectivity index (χ3n) is 2.02. The molecule has 0 amide bonds. The number of anilines is 1. The van der Waals surface area contributed by atoms with E-state index < -0.39 is 0 Å². The lowest BCUT2D eigenvalue weighted by Gasteiger charge is -2.07. The second-order valence-electron chi connectivity index (χ2n) is 3.29. The maximum Gasteiger partial charge on any atom is 0.166 e. The molecule has 70 valence electrons. The molecule has 0 bridgehead atoms. The van der Waals surface area contributed by atoms with Crippen LogP contribution in [0.15, 0.2) is 16.7 Å². The largest absolute Gasteiger partial charge is 0.489 e. The first-order chi connectivity index (χ1) is 6.25. The van der Waals surface area contributed by atoms with Crippen LogP contribution in [-0.4, -0.2) is 11.6 Å². The lowest BCUT2D eigenvalue weighted by molar-refractivity contribution is 0.300. The molecule has 1 saturated carbocycles. The highest BCUT2D eigenvalue weighted by Crippen LogP contribution is 2.31. The number of nitrogens with two attached hydrogens (primary N) is 1. The molecule has 0 saturated heterocycles. The van der Waals surface area contributed by atoms with Crippen LogP contribution in [-0.2, 0) is 0 Å². The minimum Gasteiger partial charge on any atom is -0.489 e. The summed E-state index contributed by atoms with van der Waals surface area (Å²) in [4.78, 5) is 3.98. The molecule has 1 aliphatic carbocycles. The van der Waals surface area contributed by atoms with Crippen LogP contribution in [0.25, 0.3) is 0 Å². The summed E-state index contributed by atoms with van der Waals surface area (Å²) in [6.07, 6.45) is 4.22. The first-order valence-electron chi connectivity index (χ1n) is 4.29. The van der Waals surface area contributed by atoms with Crippen LogP contribution >= 0.6 is 15.9 Å². The molecule has 0 aromatic carbocycles. The van der Waals surface area contributed by atoms with Gasteiger partial charge in [0.15, 0.2) is 11.6 Å². The molecule has 0 radical (unpaired) electrons. The van der Waals surface area contributed by atoms with Gasteiger partial charge in [-0.3, -0.25) is 0 Å². The van der Waals surface area contributed by atoms with Crippen LogP contribution in [0.4, 0.5) is 5.82 Å². The summed E-state index contributed by atoms with van der Waals surface area (Å²) in [5, 5.41) is 0. The van der Waals surface area contributed by atoms with Gasteiger partial charge in [-0.1, -0.05) is 0 Å². The van der Waals surface area contributed by atoms with Gasteiger partial charge in [0.2, 0.25) is 0 Å². The van der Waals surface area contributed by atoms with E-state index in [-0.39, 0.29) is 0 Å². The molecule has 0 atom stereocenters. The van der Waals surface area contributed by atoms with E-state index in [0.717, 1.165) is 17.0 Å². The molecule has 1 fully saturated rings. The minimum absolute atomic E-state index is 0.462. The molecule has 0 aliphatic heterocycles. The fraction of sp³-hybridized carbons (Fsp3) is 0.444. The molecule has 2 rings (SSSR count). The summed E-state index contributed by atoms with van der Waals surface area (Å²) in [5.41, 5.74) is 5.64. The molecule has 0 unspecified atom stereocenters. The lowest BCUT2D eigenvalue weighted by Crippen LogP contribution is -2.02. The Labute approximate surface area is 85.4 Å². The maximum atomic E-state index is 5.64. The fourth-order valence-corrected chi connectivity index (χ4v) is 1.35. The molecule has 3 nitrogen and oxygen atoms in total. The molecule has 1 aliphatic rings. The van der Waals surface area contributed by atoms with Crippen molar-refractivity contribution >= 4 is 21.7 Å². The highest BCUT2D eigenvalue weighted by molar-refractivity contribution is 9.10. The first-order valence-corrected chi connectivity index (χ1v) is 5.09. The molecule has 13 heavy (non-hydrogen) atoms. The van der Waals surface area contributed by atoms with Crippen LogP contribution < -0.4 is 10.5 Å². The SMILES string of the molecule is Nc1ncc(Br)cc1OCC1CC1. The van der Waals surface area contributed by atoms with E-state index in [2.05, 4.69) is 20.9 Å². The van der Waals surface area contributed by atoms with Gasteiger partial charge in [-0.25, -0.2) is 4.98 Å². The van der Waals surface area contributed by atoms with Crippen molar-refractivity contribution in [2.24, 2.45) is 5.92 Å². The van der Waals surface area contributed by atoms with Gasteiger partial charge in [-0.05, 0) is 40.8 Å². The molecule has 1 aromatic heterocycles. The number of pyridine rings is 1. The van der Waals surface area contributed by atoms with Crippen molar-refractivity contribution in [1.82, 2.24) is 4.98 Å². The topological polar surface area (TPSA) is 48.1 Å². The third-order valence-corrected chi connectivity index (χ3v) is 2.45. The van der Waals surface area contributed by atoms with Crippen molar-refractivity contribution in [2.75, 3.05) is 12.3 Å². The van der Waals surface area contributed by atoms with Crippen molar-refractivity contribution in [3.05, 3.63) is 16.7 Å². The lowest BCUT2D eigenvalue weighted by atomic mass is 10.4. The second-order valence-corrected chi connectivity index (χ2v) is 4.21. The van der Waals surface area contributed by atoms with Crippen LogP contribution in [0.1, 0.15) is 12.8 Å². The van der Waals surface area contributed by atoms with Gasteiger partial charge in [0.05, 0.1) is 6.61 Å². The highest BCUT2D eigenvalue weighted by atomic mass is 79.9. The number of ether oxygens (including phenoxy) is 1. The molecular weight excluding hydrogens is 232 g/mol. The van der Waals surface area contributed by atoms with Gasteiger partial charge >= 0.3 is 0 Å². The zero-order chi connectivity index (χ0) is 9.26. The number of hydrogen-bond acceptors (Lipinski definition) is 3. The van der Waals surface area contributed by atoms with Crippen molar-refractivity contribution in [3.63, 3.8) is 0 Å². The predicted octanol–water partition coefficient (Wildman–Crippen LogP) is 2.22. The average molecular weight is 243 g/mol.